The van der Waals surface area contributed by atoms with Crippen LogP contribution in [0.3, 0.4) is 0 Å². The van der Waals surface area contributed by atoms with Crippen LogP contribution < -0.4 is 0 Å². The van der Waals surface area contributed by atoms with Gasteiger partial charge in [-0.1, -0.05) is 12.1 Å². The highest BCUT2D eigenvalue weighted by Crippen LogP contribution is 2.71. The monoisotopic (exact) mass is 260 g/mol. The zero-order chi connectivity index (χ0) is 11.6. The maximum Gasteiger partial charge on any atom is 0.238 e. The van der Waals surface area contributed by atoms with E-state index in [9.17, 15) is 12.8 Å². The molecule has 0 heterocycles. The summed E-state index contributed by atoms with van der Waals surface area (Å²) in [6, 6.07) is 6.40. The lowest BCUT2D eigenvalue weighted by atomic mass is 9.41. The Balaban J connectivity index is 1.89. The van der Waals surface area contributed by atoms with E-state index in [2.05, 4.69) is 0 Å². The maximum atomic E-state index is 13.1. The third-order valence-electron chi connectivity index (χ3n) is 3.94. The van der Waals surface area contributed by atoms with E-state index in [1.807, 2.05) is 6.07 Å². The highest BCUT2D eigenvalue weighted by molar-refractivity contribution is 8.15. The van der Waals surface area contributed by atoms with Gasteiger partial charge in [-0.15, -0.1) is 0 Å². The number of halogens is 2. The molecule has 1 aromatic rings. The van der Waals surface area contributed by atoms with Crippen LogP contribution in [0.15, 0.2) is 24.3 Å². The fraction of sp³-hybridized carbons (Fsp3) is 0.455. The van der Waals surface area contributed by atoms with Crippen molar-refractivity contribution in [2.45, 2.75) is 29.4 Å². The van der Waals surface area contributed by atoms with Crippen molar-refractivity contribution in [1.82, 2.24) is 0 Å². The lowest BCUT2D eigenvalue weighted by Gasteiger charge is -2.68. The van der Waals surface area contributed by atoms with Gasteiger partial charge in [0.05, 0.1) is 4.75 Å². The van der Waals surface area contributed by atoms with Gasteiger partial charge in [-0.2, -0.15) is 0 Å². The van der Waals surface area contributed by atoms with Crippen LogP contribution in [-0.4, -0.2) is 13.2 Å². The molecule has 0 aromatic heterocycles. The van der Waals surface area contributed by atoms with Crippen molar-refractivity contribution in [2.24, 2.45) is 0 Å². The lowest BCUT2D eigenvalue weighted by molar-refractivity contribution is 0.00122. The summed E-state index contributed by atoms with van der Waals surface area (Å²) in [7, 11) is 1.92. The highest BCUT2D eigenvalue weighted by atomic mass is 35.7. The molecule has 0 spiro atoms. The van der Waals surface area contributed by atoms with E-state index in [-0.39, 0.29) is 11.2 Å². The lowest BCUT2D eigenvalue weighted by Crippen LogP contribution is -2.71. The van der Waals surface area contributed by atoms with Crippen molar-refractivity contribution in [3.8, 4) is 0 Å². The molecule has 4 rings (SSSR count). The Morgan fingerprint density at radius 2 is 1.88 bits per heavy atom. The van der Waals surface area contributed by atoms with Gasteiger partial charge in [0.1, 0.15) is 5.82 Å². The smallest absolute Gasteiger partial charge is 0.212 e. The zero-order valence-electron chi connectivity index (χ0n) is 8.41. The summed E-state index contributed by atoms with van der Waals surface area (Å²) in [6.07, 6.45) is 1.61. The fourth-order valence-electron chi connectivity index (χ4n) is 3.08. The van der Waals surface area contributed by atoms with E-state index < -0.39 is 13.8 Å². The van der Waals surface area contributed by atoms with Crippen LogP contribution in [0.5, 0.6) is 0 Å². The van der Waals surface area contributed by atoms with Crippen LogP contribution in [0, 0.1) is 5.82 Å². The highest BCUT2D eigenvalue weighted by Gasteiger charge is 2.74. The van der Waals surface area contributed by atoms with Gasteiger partial charge in [0.15, 0.2) is 0 Å². The predicted octanol–water partition coefficient (Wildman–Crippen LogP) is 2.57. The normalized spacial score (nSPS) is 36.4. The third-order valence-corrected chi connectivity index (χ3v) is 6.39. The van der Waals surface area contributed by atoms with Gasteiger partial charge in [-0.25, -0.2) is 12.8 Å². The molecular weight excluding hydrogens is 251 g/mol. The van der Waals surface area contributed by atoms with Crippen molar-refractivity contribution in [3.05, 3.63) is 35.6 Å². The Kier molecular flexibility index (Phi) is 1.84. The molecule has 0 atom stereocenters. The first-order valence-electron chi connectivity index (χ1n) is 5.07. The molecule has 0 saturated heterocycles. The van der Waals surface area contributed by atoms with Crippen molar-refractivity contribution < 1.29 is 12.8 Å². The van der Waals surface area contributed by atoms with Crippen LogP contribution in [0.1, 0.15) is 24.8 Å². The summed E-state index contributed by atoms with van der Waals surface area (Å²) in [4.78, 5) is 0. The fourth-order valence-corrected chi connectivity index (χ4v) is 4.92. The Hall–Kier alpha value is -0.610. The summed E-state index contributed by atoms with van der Waals surface area (Å²) in [6.45, 7) is 0. The van der Waals surface area contributed by atoms with Crippen LogP contribution in [0.4, 0.5) is 4.39 Å². The molecule has 2 nitrogen and oxygen atoms in total. The molecule has 0 unspecified atom stereocenters. The van der Waals surface area contributed by atoms with Crippen molar-refractivity contribution in [1.29, 1.82) is 0 Å². The van der Waals surface area contributed by atoms with Crippen molar-refractivity contribution >= 4 is 19.7 Å². The average Bonchev–Trinajstić information content (AvgIpc) is 1.95. The predicted molar refractivity (Wildman–Crippen MR) is 59.4 cm³/mol. The molecule has 0 amide bonds. The van der Waals surface area contributed by atoms with Gasteiger partial charge in [0, 0.05) is 16.1 Å². The van der Waals surface area contributed by atoms with Crippen LogP contribution in [0.2, 0.25) is 0 Å². The minimum atomic E-state index is -3.48. The van der Waals surface area contributed by atoms with E-state index in [0.29, 0.717) is 19.3 Å². The van der Waals surface area contributed by atoms with Gasteiger partial charge in [-0.05, 0) is 37.0 Å². The molecule has 0 radical (unpaired) electrons. The van der Waals surface area contributed by atoms with Gasteiger partial charge in [0.25, 0.3) is 0 Å². The summed E-state index contributed by atoms with van der Waals surface area (Å²) >= 11 is 0. The zero-order valence-corrected chi connectivity index (χ0v) is 9.98. The largest absolute Gasteiger partial charge is 0.238 e. The summed E-state index contributed by atoms with van der Waals surface area (Å²) in [5.74, 6) is -0.273. The standard InChI is InChI=1S/C11H10ClFO2S/c12-16(14,15)11-5-10(6-11,7-11)8-2-1-3-9(13)4-8/h1-4H,5-7H2. The van der Waals surface area contributed by atoms with E-state index in [1.54, 1.807) is 6.07 Å². The van der Waals surface area contributed by atoms with Gasteiger partial charge >= 0.3 is 0 Å². The molecule has 16 heavy (non-hydrogen) atoms. The second kappa shape index (κ2) is 2.79. The van der Waals surface area contributed by atoms with E-state index in [4.69, 9.17) is 10.7 Å². The molecule has 1 aromatic carbocycles. The SMILES string of the molecule is O=S(=O)(Cl)C12CC(c3cccc(F)c3)(C1)C2. The molecule has 86 valence electrons. The molecule has 0 N–H and O–H groups in total. The second-order valence-electron chi connectivity index (χ2n) is 4.94. The van der Waals surface area contributed by atoms with Crippen LogP contribution in [-0.2, 0) is 14.5 Å². The molecular formula is C11H10ClFO2S. The molecule has 2 bridgehead atoms. The summed E-state index contributed by atoms with van der Waals surface area (Å²) < 4.78 is 34.9. The Morgan fingerprint density at radius 3 is 2.38 bits per heavy atom. The molecule has 3 saturated carbocycles. The molecule has 3 aliphatic carbocycles. The second-order valence-corrected chi connectivity index (χ2v) is 7.90. The van der Waals surface area contributed by atoms with Gasteiger partial charge in [-0.3, -0.25) is 0 Å². The summed E-state index contributed by atoms with van der Waals surface area (Å²) in [5, 5.41) is 0. The third kappa shape index (κ3) is 1.14. The Bertz CT molecular complexity index is 547. The number of hydrogen-bond donors (Lipinski definition) is 0. The first kappa shape index (κ1) is 10.5. The quantitative estimate of drug-likeness (QED) is 0.766. The van der Waals surface area contributed by atoms with Gasteiger partial charge in [0.2, 0.25) is 9.05 Å². The molecule has 3 fully saturated rings. The van der Waals surface area contributed by atoms with Crippen LogP contribution >= 0.6 is 10.7 Å². The Morgan fingerprint density at radius 1 is 1.25 bits per heavy atom. The minimum Gasteiger partial charge on any atom is -0.212 e. The molecule has 3 aliphatic rings. The topological polar surface area (TPSA) is 34.1 Å². The van der Waals surface area contributed by atoms with E-state index in [1.165, 1.54) is 12.1 Å². The number of hydrogen-bond acceptors (Lipinski definition) is 2. The van der Waals surface area contributed by atoms with E-state index >= 15 is 0 Å². The molecule has 5 heteroatoms. The van der Waals surface area contributed by atoms with Crippen molar-refractivity contribution in [3.63, 3.8) is 0 Å². The van der Waals surface area contributed by atoms with E-state index in [0.717, 1.165) is 5.56 Å². The van der Waals surface area contributed by atoms with Crippen LogP contribution in [0.25, 0.3) is 0 Å². The first-order valence-corrected chi connectivity index (χ1v) is 7.38. The average molecular weight is 261 g/mol. The Labute approximate surface area is 97.8 Å². The summed E-state index contributed by atoms with van der Waals surface area (Å²) in [5.41, 5.74) is 0.763. The maximum absolute atomic E-state index is 13.1. The first-order chi connectivity index (χ1) is 7.37. The number of rotatable bonds is 2. The van der Waals surface area contributed by atoms with Crippen molar-refractivity contribution in [2.75, 3.05) is 0 Å². The minimum absolute atomic E-state index is 0.135. The molecule has 0 aliphatic heterocycles. The van der Waals surface area contributed by atoms with Gasteiger partial charge < -0.3 is 0 Å². The number of benzene rings is 1.